The molecule has 19 nitrogen and oxygen atoms in total. The van der Waals surface area contributed by atoms with Gasteiger partial charge in [0.25, 0.3) is 0 Å². The first-order chi connectivity index (χ1) is 29.1. The van der Waals surface area contributed by atoms with Crippen LogP contribution in [0.1, 0.15) is 151 Å². The molecule has 3 saturated carbocycles. The van der Waals surface area contributed by atoms with E-state index < -0.39 is 70.6 Å². The summed E-state index contributed by atoms with van der Waals surface area (Å²) in [6.45, 7) is 27.9. The van der Waals surface area contributed by atoms with Gasteiger partial charge in [-0.2, -0.15) is 0 Å². The van der Waals surface area contributed by atoms with Gasteiger partial charge in [-0.25, -0.2) is 28.8 Å². The van der Waals surface area contributed by atoms with Crippen molar-refractivity contribution in [1.29, 1.82) is 0 Å². The second kappa shape index (κ2) is 26.4. The summed E-state index contributed by atoms with van der Waals surface area (Å²) in [5, 5.41) is 17.1. The maximum atomic E-state index is 12.3. The van der Waals surface area contributed by atoms with Gasteiger partial charge in [0, 0.05) is 35.6 Å². The Morgan fingerprint density at radius 1 is 0.559 bits per heavy atom. The first-order valence-electron chi connectivity index (χ1n) is 22.0. The van der Waals surface area contributed by atoms with Crippen molar-refractivity contribution in [3.63, 3.8) is 0 Å². The van der Waals surface area contributed by atoms with Crippen molar-refractivity contribution < 1.29 is 96.5 Å². The van der Waals surface area contributed by atoms with Crippen LogP contribution in [0.4, 0.5) is 14.4 Å². The molecule has 68 heavy (non-hydrogen) atoms. The maximum absolute atomic E-state index is 12.3. The average molecular weight is 968 g/mol. The normalized spacial score (nSPS) is 28.1. The fourth-order valence-electron chi connectivity index (χ4n) is 8.51. The number of hydrogen-bond acceptors (Lipinski definition) is 16. The Balaban J connectivity index is -0.000000873. The van der Waals surface area contributed by atoms with Crippen molar-refractivity contribution in [3.05, 3.63) is 12.7 Å². The van der Waals surface area contributed by atoms with Gasteiger partial charge in [0.2, 0.25) is 0 Å². The number of aliphatic hydroxyl groups excluding tert-OH is 2. The van der Waals surface area contributed by atoms with Crippen LogP contribution in [0.2, 0.25) is 0 Å². The van der Waals surface area contributed by atoms with Gasteiger partial charge in [-0.15, -0.1) is 6.58 Å². The van der Waals surface area contributed by atoms with Gasteiger partial charge < -0.3 is 48.9 Å². The number of fused-ring (bicyclic) bond motifs is 3. The van der Waals surface area contributed by atoms with Crippen LogP contribution in [-0.2, 0) is 47.6 Å². The van der Waals surface area contributed by atoms with Crippen molar-refractivity contribution in [2.45, 2.75) is 204 Å². The Kier molecular flexibility index (Phi) is 26.5. The first-order valence-corrected chi connectivity index (χ1v) is 22.0. The monoisotopic (exact) mass is 968 g/mol. The molecule has 3 saturated heterocycles. The molecule has 390 valence electrons. The maximum Gasteiger partial charge on any atom is 1.00 e. The number of ether oxygens (including phenoxy) is 6. The Hall–Kier alpha value is -3.89. The minimum Gasteiger partial charge on any atom is -0.870 e. The molecular weight excluding hydrogens is 881 g/mol. The molecule has 3 heterocycles. The van der Waals surface area contributed by atoms with E-state index in [9.17, 15) is 38.7 Å². The molecule has 6 rings (SSSR count). The van der Waals surface area contributed by atoms with E-state index in [-0.39, 0.29) is 108 Å². The summed E-state index contributed by atoms with van der Waals surface area (Å²) in [4.78, 5) is 88.5. The average Bonchev–Trinajstić information content (AvgIpc) is 4.11. The molecule has 3 N–H and O–H groups in total. The zero-order chi connectivity index (χ0) is 48.1. The Morgan fingerprint density at radius 3 is 1.15 bits per heavy atom. The van der Waals surface area contributed by atoms with Crippen LogP contribution in [0.15, 0.2) is 12.7 Å². The molecule has 0 aromatic heterocycles. The number of piperidine rings is 3. The van der Waals surface area contributed by atoms with Crippen LogP contribution < -0.4 is 18.9 Å². The summed E-state index contributed by atoms with van der Waals surface area (Å²) < 4.78 is 31.2. The fourth-order valence-corrected chi connectivity index (χ4v) is 8.51. The zero-order valence-electron chi connectivity index (χ0n) is 41.1. The van der Waals surface area contributed by atoms with Gasteiger partial charge in [0.15, 0.2) is 0 Å². The van der Waals surface area contributed by atoms with Crippen molar-refractivity contribution in [1.82, 2.24) is 14.7 Å². The predicted octanol–water partition coefficient (Wildman–Crippen LogP) is 4.06. The number of likely N-dealkylation sites (tertiary alicyclic amines) is 3. The molecule has 3 amide bonds. The predicted molar refractivity (Wildman–Crippen MR) is 250 cm³/mol. The summed E-state index contributed by atoms with van der Waals surface area (Å²) in [6, 6.07) is -2.24. The molecule has 0 bridgehead atoms. The van der Waals surface area contributed by atoms with Gasteiger partial charge in [0.05, 0.1) is 31.8 Å². The molecule has 3 aliphatic carbocycles. The van der Waals surface area contributed by atoms with E-state index in [1.807, 2.05) is 26.8 Å². The van der Waals surface area contributed by atoms with Gasteiger partial charge >= 0.3 is 55.0 Å². The zero-order valence-corrected chi connectivity index (χ0v) is 41.1. The number of aldehydes is 1. The molecule has 0 radical (unpaired) electrons. The molecule has 0 unspecified atom stereocenters. The summed E-state index contributed by atoms with van der Waals surface area (Å²) >= 11 is 0. The van der Waals surface area contributed by atoms with Crippen molar-refractivity contribution >= 4 is 42.5 Å². The molecule has 6 aliphatic rings. The third-order valence-corrected chi connectivity index (χ3v) is 11.5. The number of amides is 3. The molecule has 0 aromatic rings. The molecule has 6 fully saturated rings. The summed E-state index contributed by atoms with van der Waals surface area (Å²) in [5.74, 6) is -1.24. The second-order valence-electron chi connectivity index (χ2n) is 19.9. The van der Waals surface area contributed by atoms with Crippen molar-refractivity contribution in [3.8, 4) is 0 Å². The largest absolute Gasteiger partial charge is 1.00 e. The van der Waals surface area contributed by atoms with Crippen LogP contribution in [0, 0.1) is 16.2 Å². The second-order valence-corrected chi connectivity index (χ2v) is 19.9. The number of hydrogen-bond donors (Lipinski definition) is 2. The van der Waals surface area contributed by atoms with Crippen molar-refractivity contribution in [2.75, 3.05) is 33.0 Å². The number of carbonyl (C=O) groups excluding carboxylic acids is 7. The van der Waals surface area contributed by atoms with Crippen molar-refractivity contribution in [2.24, 2.45) is 16.2 Å². The van der Waals surface area contributed by atoms with Gasteiger partial charge in [-0.05, 0) is 129 Å². The van der Waals surface area contributed by atoms with Crippen LogP contribution in [0.3, 0.4) is 0 Å². The number of esters is 3. The van der Waals surface area contributed by atoms with E-state index in [0.717, 1.165) is 19.1 Å². The number of carbonyl (C=O) groups is 7. The van der Waals surface area contributed by atoms with Gasteiger partial charge in [-0.3, -0.25) is 14.7 Å². The third kappa shape index (κ3) is 16.3. The number of aliphatic hydroxyl groups is 2. The number of rotatable bonds is 9. The summed E-state index contributed by atoms with van der Waals surface area (Å²) in [7, 11) is 0. The molecule has 9 atom stereocenters. The Bertz CT molecular complexity index is 1630. The van der Waals surface area contributed by atoms with E-state index in [4.69, 9.17) is 33.5 Å². The van der Waals surface area contributed by atoms with E-state index in [0.29, 0.717) is 32.3 Å². The quantitative estimate of drug-likeness (QED) is 0.109. The smallest absolute Gasteiger partial charge is 0.870 e. The Morgan fingerprint density at radius 2 is 0.853 bits per heavy atom. The summed E-state index contributed by atoms with van der Waals surface area (Å²) in [6.07, 6.45) is 4.75. The number of nitrogens with zero attached hydrogens (tertiary/aromatic N) is 3. The molecule has 20 heteroatoms. The van der Waals surface area contributed by atoms with Crippen LogP contribution in [0.5, 0.6) is 0 Å². The van der Waals surface area contributed by atoms with E-state index >= 15 is 0 Å². The van der Waals surface area contributed by atoms with Crippen LogP contribution >= 0.6 is 0 Å². The third-order valence-electron chi connectivity index (χ3n) is 11.5. The summed E-state index contributed by atoms with van der Waals surface area (Å²) in [5.41, 5.74) is -2.88. The molecular formula is C48H86LiN3O16. The Labute approximate surface area is 418 Å². The molecule has 3 aliphatic heterocycles. The van der Waals surface area contributed by atoms with Crippen LogP contribution in [0.25, 0.3) is 0 Å². The fraction of sp³-hybridized carbons (Fsp3) is 0.812. The standard InChI is InChI=1S/C15H23NO4.C14H23NO5.C14H21NO5.C2H6O.3CH4.Li.H2O/c1-6-15-8-10(12(17)19-7-2)16(11(15)9-15)13(18)20-14(3,4)5;2*1-5-19-11(17)9-6-14(8-16)7-10(14)15(9)12(18)20-13(2,3)4;1-2-3;;;;;/h6,10-11H,1,7-9H2,2-5H3;9-10,16H,5-8H2,1-4H3;8-10H,5-7H2,1-4H3;3H,2H2,1H3;3*1H4;;1H2/q;;;;;;;+1;/p-1/t10-,11+,15-;2*9-,10+,14-;;;;;;/m000....../s1. The van der Waals surface area contributed by atoms with E-state index in [1.54, 1.807) is 74.1 Å². The SMILES string of the molecule is C.C.C.C=C[C@@]12C[C@@H](C(=O)OCC)N(C(=O)OC(C)(C)C)[C@@H]1C2.CCO.CCOC(=O)[C@@H]1C[C@@]2(C=O)C[C@H]2N1C(=O)OC(C)(C)C.CCOC(=O)[C@@H]1C[C@@]2(CO)C[C@H]2N1C(=O)OC(C)(C)C.[Li+].[OH-]. The van der Waals surface area contributed by atoms with E-state index in [2.05, 4.69) is 6.58 Å². The van der Waals surface area contributed by atoms with Crippen LogP contribution in [-0.4, -0.2) is 159 Å². The minimum atomic E-state index is -0.714. The topological polar surface area (TPSA) is 255 Å². The molecule has 0 spiro atoms. The minimum absolute atomic E-state index is 0. The first kappa shape index (κ1) is 68.4. The van der Waals surface area contributed by atoms with Gasteiger partial charge in [-0.1, -0.05) is 28.4 Å². The van der Waals surface area contributed by atoms with E-state index in [1.165, 1.54) is 9.80 Å². The van der Waals surface area contributed by atoms with Gasteiger partial charge in [0.1, 0.15) is 41.2 Å². The molecule has 0 aromatic carbocycles.